The molecule has 5 atom stereocenters. The summed E-state index contributed by atoms with van der Waals surface area (Å²) in [7, 11) is 0. The lowest BCUT2D eigenvalue weighted by Crippen LogP contribution is -2.51. The molecule has 32 heavy (non-hydrogen) atoms. The molecule has 0 spiro atoms. The summed E-state index contributed by atoms with van der Waals surface area (Å²) in [5.41, 5.74) is 4.27. The van der Waals surface area contributed by atoms with E-state index in [4.69, 9.17) is 4.74 Å². The van der Waals surface area contributed by atoms with Crippen LogP contribution in [0, 0.1) is 30.5 Å². The van der Waals surface area contributed by atoms with Gasteiger partial charge in [0, 0.05) is 27.7 Å². The summed E-state index contributed by atoms with van der Waals surface area (Å²) in [4.78, 5) is 2.37. The second-order valence-electron chi connectivity index (χ2n) is 9.36. The van der Waals surface area contributed by atoms with E-state index in [1.54, 1.807) is 11.3 Å². The topological polar surface area (TPSA) is 29.5 Å². The molecular formula is C28H33FO2S. The highest BCUT2D eigenvalue weighted by Crippen LogP contribution is 2.46. The van der Waals surface area contributed by atoms with Crippen molar-refractivity contribution >= 4 is 11.3 Å². The molecule has 0 saturated carbocycles. The van der Waals surface area contributed by atoms with E-state index in [1.165, 1.54) is 28.1 Å². The average molecular weight is 453 g/mol. The van der Waals surface area contributed by atoms with E-state index in [9.17, 15) is 9.50 Å². The normalized spacial score (nSPS) is 28.1. The monoisotopic (exact) mass is 452 g/mol. The molecule has 0 bridgehead atoms. The molecule has 1 aliphatic heterocycles. The van der Waals surface area contributed by atoms with E-state index >= 15 is 0 Å². The van der Waals surface area contributed by atoms with Crippen LogP contribution in [0.5, 0.6) is 0 Å². The standard InChI is InChI=1S/C28H33FO2S/c1-6-26-19(4)18(3)20(5)28(30,31-26)23-10-7-17(2)22(15-23)16-25-13-14-27(32-25)21-8-11-24(29)12-9-21/h7-15,18-20,26,30H,6,16H2,1-5H3. The maximum absolute atomic E-state index is 13.3. The highest BCUT2D eigenvalue weighted by atomic mass is 32.1. The van der Waals surface area contributed by atoms with Gasteiger partial charge in [0.15, 0.2) is 5.79 Å². The fourth-order valence-corrected chi connectivity index (χ4v) is 5.93. The van der Waals surface area contributed by atoms with Crippen molar-refractivity contribution in [1.82, 2.24) is 0 Å². The number of ether oxygens (including phenoxy) is 1. The molecule has 1 aliphatic rings. The quantitative estimate of drug-likeness (QED) is 0.439. The number of hydrogen-bond acceptors (Lipinski definition) is 3. The van der Waals surface area contributed by atoms with E-state index in [2.05, 4.69) is 58.9 Å². The smallest absolute Gasteiger partial charge is 0.195 e. The Morgan fingerprint density at radius 2 is 1.72 bits per heavy atom. The molecule has 5 unspecified atom stereocenters. The zero-order valence-electron chi connectivity index (χ0n) is 19.6. The molecular weight excluding hydrogens is 419 g/mol. The van der Waals surface area contributed by atoms with Gasteiger partial charge in [-0.25, -0.2) is 4.39 Å². The Balaban J connectivity index is 1.61. The first-order valence-electron chi connectivity index (χ1n) is 11.6. The molecule has 1 saturated heterocycles. The van der Waals surface area contributed by atoms with Gasteiger partial charge in [-0.3, -0.25) is 0 Å². The van der Waals surface area contributed by atoms with Gasteiger partial charge in [-0.15, -0.1) is 11.3 Å². The van der Waals surface area contributed by atoms with Gasteiger partial charge in [-0.2, -0.15) is 0 Å². The maximum Gasteiger partial charge on any atom is 0.195 e. The predicted molar refractivity (Wildman–Crippen MR) is 130 cm³/mol. The van der Waals surface area contributed by atoms with Crippen molar-refractivity contribution in [3.8, 4) is 10.4 Å². The van der Waals surface area contributed by atoms with E-state index in [0.29, 0.717) is 11.8 Å². The predicted octanol–water partition coefficient (Wildman–Crippen LogP) is 7.32. The largest absolute Gasteiger partial charge is 0.362 e. The number of rotatable bonds is 5. The van der Waals surface area contributed by atoms with Gasteiger partial charge in [0.05, 0.1) is 6.10 Å². The molecule has 4 heteroatoms. The average Bonchev–Trinajstić information content (AvgIpc) is 3.25. The fourth-order valence-electron chi connectivity index (χ4n) is 4.90. The maximum atomic E-state index is 13.3. The number of benzene rings is 2. The van der Waals surface area contributed by atoms with Crippen LogP contribution in [0.3, 0.4) is 0 Å². The third-order valence-corrected chi connectivity index (χ3v) is 8.61. The first-order chi connectivity index (χ1) is 15.2. The molecule has 0 amide bonds. The molecule has 170 valence electrons. The Bertz CT molecular complexity index is 1070. The van der Waals surface area contributed by atoms with Gasteiger partial charge in [0.2, 0.25) is 0 Å². The van der Waals surface area contributed by atoms with Crippen molar-refractivity contribution in [2.75, 3.05) is 0 Å². The van der Waals surface area contributed by atoms with Crippen molar-refractivity contribution in [2.45, 2.75) is 59.4 Å². The van der Waals surface area contributed by atoms with Crippen LogP contribution in [0.1, 0.15) is 55.7 Å². The number of halogens is 1. The Morgan fingerprint density at radius 3 is 2.41 bits per heavy atom. The van der Waals surface area contributed by atoms with Gasteiger partial charge in [-0.1, -0.05) is 52.0 Å². The Hall–Kier alpha value is -2.01. The molecule has 0 aliphatic carbocycles. The van der Waals surface area contributed by atoms with Gasteiger partial charge >= 0.3 is 0 Å². The van der Waals surface area contributed by atoms with Crippen molar-refractivity contribution in [2.24, 2.45) is 17.8 Å². The van der Waals surface area contributed by atoms with Crippen LogP contribution in [-0.2, 0) is 16.9 Å². The van der Waals surface area contributed by atoms with Crippen molar-refractivity contribution in [3.05, 3.63) is 82.0 Å². The lowest BCUT2D eigenvalue weighted by molar-refractivity contribution is -0.316. The fraction of sp³-hybridized carbons (Fsp3) is 0.429. The van der Waals surface area contributed by atoms with Gasteiger partial charge in [0.1, 0.15) is 5.82 Å². The highest BCUT2D eigenvalue weighted by Gasteiger charge is 2.49. The summed E-state index contributed by atoms with van der Waals surface area (Å²) in [5.74, 6) is -0.717. The molecule has 1 aromatic heterocycles. The van der Waals surface area contributed by atoms with Crippen LogP contribution in [0.25, 0.3) is 10.4 Å². The van der Waals surface area contributed by atoms with Crippen molar-refractivity contribution < 1.29 is 14.2 Å². The minimum Gasteiger partial charge on any atom is -0.362 e. The zero-order valence-corrected chi connectivity index (χ0v) is 20.4. The number of thiophene rings is 1. The van der Waals surface area contributed by atoms with Gasteiger partial charge in [-0.05, 0) is 72.2 Å². The molecule has 1 N–H and O–H groups in total. The SMILES string of the molecule is CCC1OC(O)(c2ccc(C)c(Cc3ccc(-c4ccc(F)cc4)s3)c2)C(C)C(C)C1C. The molecule has 3 aromatic rings. The molecule has 1 fully saturated rings. The van der Waals surface area contributed by atoms with Gasteiger partial charge in [0.25, 0.3) is 0 Å². The van der Waals surface area contributed by atoms with Gasteiger partial charge < -0.3 is 9.84 Å². The minimum atomic E-state index is -1.27. The van der Waals surface area contributed by atoms with Crippen LogP contribution in [-0.4, -0.2) is 11.2 Å². The summed E-state index contributed by atoms with van der Waals surface area (Å²) >= 11 is 1.72. The van der Waals surface area contributed by atoms with Crippen LogP contribution < -0.4 is 0 Å². The molecule has 2 aromatic carbocycles. The van der Waals surface area contributed by atoms with Crippen LogP contribution in [0.4, 0.5) is 4.39 Å². The first kappa shape index (κ1) is 23.2. The van der Waals surface area contributed by atoms with Crippen LogP contribution in [0.15, 0.2) is 54.6 Å². The summed E-state index contributed by atoms with van der Waals surface area (Å²) in [6.07, 6.45) is 1.73. The van der Waals surface area contributed by atoms with Crippen LogP contribution >= 0.6 is 11.3 Å². The summed E-state index contributed by atoms with van der Waals surface area (Å²) in [6.45, 7) is 10.8. The first-order valence-corrected chi connectivity index (χ1v) is 12.4. The lowest BCUT2D eigenvalue weighted by atomic mass is 9.72. The molecule has 2 heterocycles. The summed E-state index contributed by atoms with van der Waals surface area (Å²) < 4.78 is 19.6. The Labute approximate surface area is 195 Å². The lowest BCUT2D eigenvalue weighted by Gasteiger charge is -2.49. The Kier molecular flexibility index (Phi) is 6.58. The second-order valence-corrected chi connectivity index (χ2v) is 10.5. The molecule has 2 nitrogen and oxygen atoms in total. The molecule has 0 radical (unpaired) electrons. The summed E-state index contributed by atoms with van der Waals surface area (Å²) in [5, 5.41) is 11.7. The second kappa shape index (κ2) is 9.09. The van der Waals surface area contributed by atoms with E-state index in [1.807, 2.05) is 18.2 Å². The van der Waals surface area contributed by atoms with Crippen LogP contribution in [0.2, 0.25) is 0 Å². The summed E-state index contributed by atoms with van der Waals surface area (Å²) in [6, 6.07) is 17.1. The highest BCUT2D eigenvalue weighted by molar-refractivity contribution is 7.15. The third kappa shape index (κ3) is 4.28. The minimum absolute atomic E-state index is 0.00247. The van der Waals surface area contributed by atoms with Crippen molar-refractivity contribution in [1.29, 1.82) is 0 Å². The Morgan fingerprint density at radius 1 is 1.00 bits per heavy atom. The van der Waals surface area contributed by atoms with Crippen molar-refractivity contribution in [3.63, 3.8) is 0 Å². The van der Waals surface area contributed by atoms with E-state index in [-0.39, 0.29) is 17.8 Å². The molecule has 4 rings (SSSR count). The van der Waals surface area contributed by atoms with E-state index in [0.717, 1.165) is 28.8 Å². The number of aryl methyl sites for hydroxylation is 1. The number of aliphatic hydroxyl groups is 1. The third-order valence-electron chi connectivity index (χ3n) is 7.47. The zero-order chi connectivity index (χ0) is 23.0. The number of hydrogen-bond donors (Lipinski definition) is 1. The van der Waals surface area contributed by atoms with E-state index < -0.39 is 5.79 Å².